The molecule has 0 aromatic carbocycles. The topological polar surface area (TPSA) is 36.4 Å². The van der Waals surface area contributed by atoms with Gasteiger partial charge in [-0.1, -0.05) is 0 Å². The van der Waals surface area contributed by atoms with Crippen LogP contribution in [0.2, 0.25) is 0 Å². The second-order valence-electron chi connectivity index (χ2n) is 2.98. The molecular formula is C9H13BrN2O. The maximum absolute atomic E-state index is 8.94. The van der Waals surface area contributed by atoms with Gasteiger partial charge in [-0.15, -0.1) is 0 Å². The summed E-state index contributed by atoms with van der Waals surface area (Å²) in [5.41, 5.74) is 0. The number of rotatable bonds is 3. The van der Waals surface area contributed by atoms with E-state index in [1.807, 2.05) is 31.0 Å². The number of hydrogen-bond acceptors (Lipinski definition) is 3. The number of likely N-dealkylation sites (N-methyl/N-ethyl adjacent to an activating group) is 1. The third-order valence-electron chi connectivity index (χ3n) is 2.00. The molecule has 0 aliphatic rings. The van der Waals surface area contributed by atoms with Crippen molar-refractivity contribution in [2.45, 2.75) is 13.0 Å². The van der Waals surface area contributed by atoms with E-state index in [0.29, 0.717) is 0 Å². The molecule has 0 aliphatic heterocycles. The van der Waals surface area contributed by atoms with Crippen LogP contribution in [0.4, 0.5) is 5.82 Å². The van der Waals surface area contributed by atoms with Crippen molar-refractivity contribution >= 4 is 21.7 Å². The maximum Gasteiger partial charge on any atom is 0.128 e. The number of halogens is 1. The number of aliphatic hydroxyl groups is 1. The number of aliphatic hydroxyl groups excluding tert-OH is 1. The minimum atomic E-state index is 0.0914. The van der Waals surface area contributed by atoms with Gasteiger partial charge in [0.05, 0.1) is 12.6 Å². The minimum absolute atomic E-state index is 0.0914. The largest absolute Gasteiger partial charge is 0.394 e. The van der Waals surface area contributed by atoms with Gasteiger partial charge in [0.25, 0.3) is 0 Å². The van der Waals surface area contributed by atoms with E-state index < -0.39 is 0 Å². The lowest BCUT2D eigenvalue weighted by atomic mass is 10.3. The first-order valence-electron chi connectivity index (χ1n) is 4.10. The van der Waals surface area contributed by atoms with Crippen LogP contribution in [0.15, 0.2) is 22.8 Å². The Kier molecular flexibility index (Phi) is 3.69. The first-order valence-corrected chi connectivity index (χ1v) is 4.89. The second-order valence-corrected chi connectivity index (χ2v) is 3.89. The first-order chi connectivity index (χ1) is 6.15. The molecule has 13 heavy (non-hydrogen) atoms. The van der Waals surface area contributed by atoms with E-state index in [1.54, 1.807) is 6.20 Å². The molecule has 0 saturated carbocycles. The highest BCUT2D eigenvalue weighted by atomic mass is 79.9. The molecule has 1 heterocycles. The summed E-state index contributed by atoms with van der Waals surface area (Å²) in [6.07, 6.45) is 1.75. The number of aromatic nitrogens is 1. The number of anilines is 1. The van der Waals surface area contributed by atoms with E-state index in [2.05, 4.69) is 20.9 Å². The zero-order valence-electron chi connectivity index (χ0n) is 7.74. The van der Waals surface area contributed by atoms with Crippen molar-refractivity contribution < 1.29 is 5.11 Å². The Bertz CT molecular complexity index is 263. The molecule has 0 spiro atoms. The molecule has 1 aromatic rings. The van der Waals surface area contributed by atoms with Gasteiger partial charge in [0.15, 0.2) is 0 Å². The Morgan fingerprint density at radius 2 is 2.31 bits per heavy atom. The average Bonchev–Trinajstić information content (AvgIpc) is 2.17. The molecule has 72 valence electrons. The molecule has 0 fully saturated rings. The van der Waals surface area contributed by atoms with Gasteiger partial charge in [0, 0.05) is 17.7 Å². The van der Waals surface area contributed by atoms with Crippen molar-refractivity contribution in [1.82, 2.24) is 4.98 Å². The maximum atomic E-state index is 8.94. The number of pyridine rings is 1. The summed E-state index contributed by atoms with van der Waals surface area (Å²) in [4.78, 5) is 6.15. The van der Waals surface area contributed by atoms with Crippen molar-refractivity contribution in [2.24, 2.45) is 0 Å². The number of nitrogens with zero attached hydrogens (tertiary/aromatic N) is 2. The van der Waals surface area contributed by atoms with E-state index in [9.17, 15) is 0 Å². The molecule has 1 aromatic heterocycles. The molecule has 0 saturated heterocycles. The Morgan fingerprint density at radius 3 is 2.77 bits per heavy atom. The smallest absolute Gasteiger partial charge is 0.128 e. The molecule has 0 bridgehead atoms. The van der Waals surface area contributed by atoms with Crippen LogP contribution in [0.1, 0.15) is 6.92 Å². The van der Waals surface area contributed by atoms with Crippen LogP contribution in [0.5, 0.6) is 0 Å². The summed E-state index contributed by atoms with van der Waals surface area (Å²) in [7, 11) is 1.91. The second kappa shape index (κ2) is 4.58. The lowest BCUT2D eigenvalue weighted by Crippen LogP contribution is -2.32. The predicted molar refractivity (Wildman–Crippen MR) is 56.9 cm³/mol. The van der Waals surface area contributed by atoms with Gasteiger partial charge in [-0.25, -0.2) is 4.98 Å². The Labute approximate surface area is 86.5 Å². The molecule has 4 heteroatoms. The van der Waals surface area contributed by atoms with Crippen LogP contribution in [0.25, 0.3) is 0 Å². The lowest BCUT2D eigenvalue weighted by Gasteiger charge is -2.23. The van der Waals surface area contributed by atoms with Gasteiger partial charge < -0.3 is 10.0 Å². The molecular weight excluding hydrogens is 232 g/mol. The van der Waals surface area contributed by atoms with Gasteiger partial charge >= 0.3 is 0 Å². The average molecular weight is 245 g/mol. The first kappa shape index (κ1) is 10.5. The lowest BCUT2D eigenvalue weighted by molar-refractivity contribution is 0.270. The third kappa shape index (κ3) is 2.67. The summed E-state index contributed by atoms with van der Waals surface area (Å²) >= 11 is 3.32. The van der Waals surface area contributed by atoms with Crippen LogP contribution in [-0.4, -0.2) is 29.8 Å². The Hall–Kier alpha value is -0.610. The van der Waals surface area contributed by atoms with E-state index in [1.165, 1.54) is 0 Å². The highest BCUT2D eigenvalue weighted by Gasteiger charge is 2.08. The van der Waals surface area contributed by atoms with Crippen molar-refractivity contribution in [3.05, 3.63) is 22.8 Å². The predicted octanol–water partition coefficient (Wildman–Crippen LogP) is 1.66. The third-order valence-corrected chi connectivity index (χ3v) is 2.47. The van der Waals surface area contributed by atoms with Crippen molar-refractivity contribution in [3.63, 3.8) is 0 Å². The van der Waals surface area contributed by atoms with E-state index in [-0.39, 0.29) is 12.6 Å². The van der Waals surface area contributed by atoms with Crippen LogP contribution in [-0.2, 0) is 0 Å². The summed E-state index contributed by atoms with van der Waals surface area (Å²) in [6.45, 7) is 2.08. The zero-order valence-corrected chi connectivity index (χ0v) is 9.32. The van der Waals surface area contributed by atoms with Gasteiger partial charge in [0.1, 0.15) is 5.82 Å². The molecule has 1 atom stereocenters. The van der Waals surface area contributed by atoms with Crippen molar-refractivity contribution in [2.75, 3.05) is 18.6 Å². The fourth-order valence-corrected chi connectivity index (χ4v) is 1.16. The SMILES string of the molecule is CC(CO)N(C)c1ccc(Br)cn1. The van der Waals surface area contributed by atoms with Crippen LogP contribution >= 0.6 is 15.9 Å². The van der Waals surface area contributed by atoms with E-state index >= 15 is 0 Å². The molecule has 0 aliphatic carbocycles. The molecule has 3 nitrogen and oxygen atoms in total. The quantitative estimate of drug-likeness (QED) is 0.879. The Balaban J connectivity index is 2.77. The summed E-state index contributed by atoms with van der Waals surface area (Å²) in [5, 5.41) is 8.94. The number of hydrogen-bond donors (Lipinski definition) is 1. The molecule has 1 unspecified atom stereocenters. The van der Waals surface area contributed by atoms with Crippen LogP contribution < -0.4 is 4.90 Å². The monoisotopic (exact) mass is 244 g/mol. The van der Waals surface area contributed by atoms with Gasteiger partial charge in [-0.2, -0.15) is 0 Å². The van der Waals surface area contributed by atoms with Crippen molar-refractivity contribution in [1.29, 1.82) is 0 Å². The molecule has 1 N–H and O–H groups in total. The summed E-state index contributed by atoms with van der Waals surface area (Å²) < 4.78 is 0.960. The van der Waals surface area contributed by atoms with E-state index in [4.69, 9.17) is 5.11 Å². The van der Waals surface area contributed by atoms with Crippen LogP contribution in [0, 0.1) is 0 Å². The summed E-state index contributed by atoms with van der Waals surface area (Å²) in [5.74, 6) is 0.866. The highest BCUT2D eigenvalue weighted by Crippen LogP contribution is 2.14. The van der Waals surface area contributed by atoms with Crippen LogP contribution in [0.3, 0.4) is 0 Å². The Morgan fingerprint density at radius 1 is 1.62 bits per heavy atom. The minimum Gasteiger partial charge on any atom is -0.394 e. The summed E-state index contributed by atoms with van der Waals surface area (Å²) in [6, 6.07) is 3.94. The molecule has 1 rings (SSSR count). The van der Waals surface area contributed by atoms with E-state index in [0.717, 1.165) is 10.3 Å². The van der Waals surface area contributed by atoms with Gasteiger partial charge in [-0.05, 0) is 35.0 Å². The zero-order chi connectivity index (χ0) is 9.84. The van der Waals surface area contributed by atoms with Gasteiger partial charge in [-0.3, -0.25) is 0 Å². The normalized spacial score (nSPS) is 12.6. The fraction of sp³-hybridized carbons (Fsp3) is 0.444. The van der Waals surface area contributed by atoms with Gasteiger partial charge in [0.2, 0.25) is 0 Å². The molecule has 0 radical (unpaired) electrons. The molecule has 0 amide bonds. The standard InChI is InChI=1S/C9H13BrN2O/c1-7(6-13)12(2)9-4-3-8(10)5-11-9/h3-5,7,13H,6H2,1-2H3. The highest BCUT2D eigenvalue weighted by molar-refractivity contribution is 9.10. The van der Waals surface area contributed by atoms with Crippen molar-refractivity contribution in [3.8, 4) is 0 Å². The fourth-order valence-electron chi connectivity index (χ4n) is 0.925.